The zero-order valence-corrected chi connectivity index (χ0v) is 6.90. The molecule has 0 heterocycles. The lowest BCUT2D eigenvalue weighted by Gasteiger charge is -2.10. The fraction of sp³-hybridized carbons (Fsp3) is 0.800. The van der Waals surface area contributed by atoms with Crippen molar-refractivity contribution >= 4 is 31.2 Å². The molecule has 4 heteroatoms. The van der Waals surface area contributed by atoms with Gasteiger partial charge in [0.2, 0.25) is 0 Å². The standard InChI is InChI=1S/C5H10O2S2/c1-3(5(6)7)4(9)2-8/h3-4,8-9H,2H2,1H3,(H,6,7). The molecular formula is C5H10O2S2. The molecule has 2 atom stereocenters. The van der Waals surface area contributed by atoms with Crippen molar-refractivity contribution in [2.24, 2.45) is 5.92 Å². The number of carboxylic acid groups (broad SMARTS) is 1. The van der Waals surface area contributed by atoms with Crippen molar-refractivity contribution in [2.75, 3.05) is 5.75 Å². The van der Waals surface area contributed by atoms with Crippen LogP contribution in [0.1, 0.15) is 6.92 Å². The van der Waals surface area contributed by atoms with E-state index in [9.17, 15) is 4.79 Å². The van der Waals surface area contributed by atoms with E-state index in [1.165, 1.54) is 0 Å². The van der Waals surface area contributed by atoms with Crippen molar-refractivity contribution in [1.29, 1.82) is 0 Å². The lowest BCUT2D eigenvalue weighted by atomic mass is 10.1. The quantitative estimate of drug-likeness (QED) is 0.546. The Hall–Kier alpha value is 0.170. The molecular weight excluding hydrogens is 156 g/mol. The van der Waals surface area contributed by atoms with Crippen molar-refractivity contribution in [3.63, 3.8) is 0 Å². The van der Waals surface area contributed by atoms with Gasteiger partial charge in [0.15, 0.2) is 0 Å². The maximum atomic E-state index is 10.2. The largest absolute Gasteiger partial charge is 0.481 e. The van der Waals surface area contributed by atoms with E-state index in [1.54, 1.807) is 6.92 Å². The zero-order chi connectivity index (χ0) is 7.44. The average Bonchev–Trinajstić information content (AvgIpc) is 1.84. The van der Waals surface area contributed by atoms with E-state index in [4.69, 9.17) is 5.11 Å². The Kier molecular flexibility index (Phi) is 4.14. The highest BCUT2D eigenvalue weighted by Crippen LogP contribution is 2.10. The summed E-state index contributed by atoms with van der Waals surface area (Å²) in [7, 11) is 0. The Bertz CT molecular complexity index is 105. The molecule has 2 nitrogen and oxygen atoms in total. The summed E-state index contributed by atoms with van der Waals surface area (Å²) in [5.74, 6) is -0.730. The SMILES string of the molecule is CC(C(=O)O)C(S)CS. The molecule has 0 aromatic carbocycles. The van der Waals surface area contributed by atoms with Crippen LogP contribution in [0.15, 0.2) is 0 Å². The maximum absolute atomic E-state index is 10.2. The highest BCUT2D eigenvalue weighted by Gasteiger charge is 2.17. The van der Waals surface area contributed by atoms with Crippen molar-refractivity contribution in [3.05, 3.63) is 0 Å². The summed E-state index contributed by atoms with van der Waals surface area (Å²) in [5.41, 5.74) is 0. The van der Waals surface area contributed by atoms with Crippen LogP contribution in [-0.2, 0) is 4.79 Å². The monoisotopic (exact) mass is 166 g/mol. The van der Waals surface area contributed by atoms with Crippen molar-refractivity contribution in [3.8, 4) is 0 Å². The molecule has 0 radical (unpaired) electrons. The van der Waals surface area contributed by atoms with Crippen LogP contribution < -0.4 is 0 Å². The Labute approximate surface area is 65.5 Å². The topological polar surface area (TPSA) is 37.3 Å². The average molecular weight is 166 g/mol. The van der Waals surface area contributed by atoms with Gasteiger partial charge in [0.05, 0.1) is 5.92 Å². The van der Waals surface area contributed by atoms with Crippen LogP contribution in [0.2, 0.25) is 0 Å². The highest BCUT2D eigenvalue weighted by molar-refractivity contribution is 7.84. The van der Waals surface area contributed by atoms with Crippen molar-refractivity contribution in [2.45, 2.75) is 12.2 Å². The summed E-state index contributed by atoms with van der Waals surface area (Å²) in [6, 6.07) is 0. The summed E-state index contributed by atoms with van der Waals surface area (Å²) in [6.07, 6.45) is 0. The van der Waals surface area contributed by atoms with Gasteiger partial charge in [-0.2, -0.15) is 25.3 Å². The van der Waals surface area contributed by atoms with Gasteiger partial charge >= 0.3 is 5.97 Å². The number of thiol groups is 2. The first-order valence-electron chi connectivity index (χ1n) is 2.61. The number of hydrogen-bond acceptors (Lipinski definition) is 3. The third-order valence-electron chi connectivity index (χ3n) is 1.15. The molecule has 0 aliphatic carbocycles. The number of carbonyl (C=O) groups is 1. The lowest BCUT2D eigenvalue weighted by Crippen LogP contribution is -2.22. The van der Waals surface area contributed by atoms with Gasteiger partial charge in [-0.05, 0) is 0 Å². The van der Waals surface area contributed by atoms with Crippen LogP contribution in [-0.4, -0.2) is 22.1 Å². The zero-order valence-electron chi connectivity index (χ0n) is 5.11. The highest BCUT2D eigenvalue weighted by atomic mass is 32.1. The van der Waals surface area contributed by atoms with Crippen molar-refractivity contribution in [1.82, 2.24) is 0 Å². The molecule has 0 saturated carbocycles. The Morgan fingerprint density at radius 3 is 2.33 bits per heavy atom. The second kappa shape index (κ2) is 4.06. The summed E-state index contributed by atoms with van der Waals surface area (Å²) in [6.45, 7) is 1.62. The number of carboxylic acids is 1. The molecule has 2 unspecified atom stereocenters. The van der Waals surface area contributed by atoms with Crippen molar-refractivity contribution < 1.29 is 9.90 Å². The van der Waals surface area contributed by atoms with Gasteiger partial charge in [-0.25, -0.2) is 0 Å². The fourth-order valence-electron chi connectivity index (χ4n) is 0.323. The van der Waals surface area contributed by atoms with E-state index in [0.29, 0.717) is 5.75 Å². The predicted molar refractivity (Wildman–Crippen MR) is 43.4 cm³/mol. The lowest BCUT2D eigenvalue weighted by molar-refractivity contribution is -0.140. The van der Waals surface area contributed by atoms with Crippen LogP contribution in [0.3, 0.4) is 0 Å². The Morgan fingerprint density at radius 2 is 2.22 bits per heavy atom. The van der Waals surface area contributed by atoms with Gasteiger partial charge in [0, 0.05) is 11.0 Å². The molecule has 0 aliphatic rings. The predicted octanol–water partition coefficient (Wildman–Crippen LogP) is 0.935. The third kappa shape index (κ3) is 3.01. The molecule has 9 heavy (non-hydrogen) atoms. The molecule has 0 saturated heterocycles. The first-order chi connectivity index (χ1) is 4.09. The van der Waals surface area contributed by atoms with E-state index in [0.717, 1.165) is 0 Å². The molecule has 54 valence electrons. The van der Waals surface area contributed by atoms with E-state index in [-0.39, 0.29) is 5.25 Å². The van der Waals surface area contributed by atoms with E-state index in [2.05, 4.69) is 25.3 Å². The minimum absolute atomic E-state index is 0.147. The van der Waals surface area contributed by atoms with Gasteiger partial charge in [0.1, 0.15) is 0 Å². The fourth-order valence-corrected chi connectivity index (χ4v) is 0.766. The van der Waals surface area contributed by atoms with Crippen LogP contribution >= 0.6 is 25.3 Å². The summed E-state index contributed by atoms with van der Waals surface area (Å²) < 4.78 is 0. The second-order valence-corrected chi connectivity index (χ2v) is 2.91. The number of aliphatic carboxylic acids is 1. The Balaban J connectivity index is 3.72. The minimum atomic E-state index is -0.816. The van der Waals surface area contributed by atoms with E-state index < -0.39 is 11.9 Å². The first-order valence-corrected chi connectivity index (χ1v) is 3.76. The van der Waals surface area contributed by atoms with Gasteiger partial charge in [-0.3, -0.25) is 4.79 Å². The molecule has 1 N–H and O–H groups in total. The molecule has 0 amide bonds. The molecule has 0 aromatic rings. The molecule has 0 rings (SSSR count). The van der Waals surface area contributed by atoms with Gasteiger partial charge < -0.3 is 5.11 Å². The normalized spacial score (nSPS) is 16.8. The van der Waals surface area contributed by atoms with Crippen LogP contribution in [0.5, 0.6) is 0 Å². The maximum Gasteiger partial charge on any atom is 0.307 e. The van der Waals surface area contributed by atoms with E-state index >= 15 is 0 Å². The summed E-state index contributed by atoms with van der Waals surface area (Å²) >= 11 is 7.92. The smallest absolute Gasteiger partial charge is 0.307 e. The molecule has 0 fully saturated rings. The second-order valence-electron chi connectivity index (χ2n) is 1.88. The van der Waals surface area contributed by atoms with Crippen LogP contribution in [0.4, 0.5) is 0 Å². The molecule has 0 aromatic heterocycles. The summed E-state index contributed by atoms with van der Waals surface area (Å²) in [5, 5.41) is 8.25. The van der Waals surface area contributed by atoms with Gasteiger partial charge in [-0.1, -0.05) is 6.92 Å². The van der Waals surface area contributed by atoms with Gasteiger partial charge in [0.25, 0.3) is 0 Å². The minimum Gasteiger partial charge on any atom is -0.481 e. The third-order valence-corrected chi connectivity index (χ3v) is 2.46. The molecule has 0 aliphatic heterocycles. The van der Waals surface area contributed by atoms with Gasteiger partial charge in [-0.15, -0.1) is 0 Å². The van der Waals surface area contributed by atoms with E-state index in [1.807, 2.05) is 0 Å². The Morgan fingerprint density at radius 1 is 1.78 bits per heavy atom. The number of rotatable bonds is 3. The summed E-state index contributed by atoms with van der Waals surface area (Å²) in [4.78, 5) is 10.2. The molecule has 0 bridgehead atoms. The van der Waals surface area contributed by atoms with Crippen LogP contribution in [0, 0.1) is 5.92 Å². The number of hydrogen-bond donors (Lipinski definition) is 3. The van der Waals surface area contributed by atoms with Crippen LogP contribution in [0.25, 0.3) is 0 Å². The first kappa shape index (κ1) is 9.17. The molecule has 0 spiro atoms.